The number of benzene rings is 5. The molecule has 142 valence electrons. The van der Waals surface area contributed by atoms with Crippen molar-refractivity contribution in [3.05, 3.63) is 132 Å². The summed E-state index contributed by atoms with van der Waals surface area (Å²) in [7, 11) is 0. The molecule has 0 amide bonds. The summed E-state index contributed by atoms with van der Waals surface area (Å²) >= 11 is 0. The fourth-order valence-corrected chi connectivity index (χ4v) is 4.06. The predicted octanol–water partition coefficient (Wildman–Crippen LogP) is 7.40. The number of hydrogen-bond acceptors (Lipinski definition) is 1. The number of ketones is 1. The summed E-state index contributed by atoms with van der Waals surface area (Å²) in [6.45, 7) is 0. The van der Waals surface area contributed by atoms with Crippen LogP contribution in [0.4, 0.5) is 0 Å². The van der Waals surface area contributed by atoms with Gasteiger partial charge in [0.1, 0.15) is 0 Å². The van der Waals surface area contributed by atoms with Crippen molar-refractivity contribution in [1.29, 1.82) is 0 Å². The van der Waals surface area contributed by atoms with Crippen LogP contribution in [-0.2, 0) is 0 Å². The molecule has 5 aromatic carbocycles. The highest BCUT2D eigenvalue weighted by Gasteiger charge is 2.20. The van der Waals surface area contributed by atoms with Gasteiger partial charge in [0.25, 0.3) is 0 Å². The van der Waals surface area contributed by atoms with Crippen molar-refractivity contribution < 1.29 is 4.79 Å². The normalized spacial score (nSPS) is 10.8. The number of carbonyl (C=O) groups is 1. The van der Waals surface area contributed by atoms with E-state index >= 15 is 0 Å². The third-order valence-electron chi connectivity index (χ3n) is 5.48. The Kier molecular flexibility index (Phi) is 4.71. The lowest BCUT2D eigenvalue weighted by Gasteiger charge is -2.17. The molecule has 5 rings (SSSR count). The first-order valence-corrected chi connectivity index (χ1v) is 10.1. The van der Waals surface area contributed by atoms with Gasteiger partial charge in [-0.1, -0.05) is 115 Å². The van der Waals surface area contributed by atoms with Crippen LogP contribution in [-0.4, -0.2) is 5.78 Å². The molecule has 0 saturated heterocycles. The summed E-state index contributed by atoms with van der Waals surface area (Å²) in [6, 6.07) is 40.5. The number of hydrogen-bond donors (Lipinski definition) is 0. The second-order valence-corrected chi connectivity index (χ2v) is 7.32. The van der Waals surface area contributed by atoms with Gasteiger partial charge in [0, 0.05) is 11.1 Å². The molecule has 0 aromatic heterocycles. The van der Waals surface area contributed by atoms with E-state index in [-0.39, 0.29) is 5.78 Å². The molecule has 0 radical (unpaired) electrons. The second-order valence-electron chi connectivity index (χ2n) is 7.32. The Bertz CT molecular complexity index is 1320. The molecule has 30 heavy (non-hydrogen) atoms. The van der Waals surface area contributed by atoms with Gasteiger partial charge in [-0.05, 0) is 39.1 Å². The lowest BCUT2D eigenvalue weighted by Crippen LogP contribution is -2.05. The Morgan fingerprint density at radius 3 is 1.53 bits per heavy atom. The van der Waals surface area contributed by atoms with E-state index in [4.69, 9.17) is 0 Å². The molecule has 1 nitrogen and oxygen atoms in total. The van der Waals surface area contributed by atoms with Crippen LogP contribution >= 0.6 is 0 Å². The first kappa shape index (κ1) is 18.1. The minimum absolute atomic E-state index is 0.0465. The van der Waals surface area contributed by atoms with Crippen LogP contribution in [0.3, 0.4) is 0 Å². The summed E-state index contributed by atoms with van der Waals surface area (Å²) in [5, 5.41) is 2.06. The molecule has 0 N–H and O–H groups in total. The third-order valence-corrected chi connectivity index (χ3v) is 5.48. The Labute approximate surface area is 176 Å². The summed E-state index contributed by atoms with van der Waals surface area (Å²) in [6.07, 6.45) is 0. The van der Waals surface area contributed by atoms with Gasteiger partial charge in [0.2, 0.25) is 0 Å². The maximum Gasteiger partial charge on any atom is 0.194 e. The molecule has 0 bridgehead atoms. The minimum Gasteiger partial charge on any atom is -0.289 e. The predicted molar refractivity (Wildman–Crippen MR) is 125 cm³/mol. The summed E-state index contributed by atoms with van der Waals surface area (Å²) in [5.74, 6) is 0.0465. The smallest absolute Gasteiger partial charge is 0.194 e. The van der Waals surface area contributed by atoms with Crippen LogP contribution in [0.1, 0.15) is 15.9 Å². The molecular formula is C29H20O. The van der Waals surface area contributed by atoms with Crippen LogP contribution < -0.4 is 0 Å². The average molecular weight is 384 g/mol. The highest BCUT2D eigenvalue weighted by atomic mass is 16.1. The highest BCUT2D eigenvalue weighted by molar-refractivity contribution is 6.22. The Morgan fingerprint density at radius 2 is 0.933 bits per heavy atom. The van der Waals surface area contributed by atoms with Gasteiger partial charge in [0.05, 0.1) is 0 Å². The maximum atomic E-state index is 13.7. The van der Waals surface area contributed by atoms with Crippen LogP contribution in [0.15, 0.2) is 121 Å². The van der Waals surface area contributed by atoms with E-state index in [2.05, 4.69) is 54.6 Å². The van der Waals surface area contributed by atoms with Crippen LogP contribution in [0.5, 0.6) is 0 Å². The van der Waals surface area contributed by atoms with Crippen molar-refractivity contribution in [3.63, 3.8) is 0 Å². The first-order chi connectivity index (χ1) is 14.8. The molecule has 0 atom stereocenters. The standard InChI is InChI=1S/C29H20O/c30-29(23-16-8-3-9-17-23)28-25-19-11-10-18-24(25)26(21-12-4-1-5-13-21)20-27(28)22-14-6-2-7-15-22/h1-20H. The molecule has 0 aliphatic rings. The van der Waals surface area contributed by atoms with Crippen molar-refractivity contribution in [1.82, 2.24) is 0 Å². The van der Waals surface area contributed by atoms with Gasteiger partial charge in [0.15, 0.2) is 5.78 Å². The summed E-state index contributed by atoms with van der Waals surface area (Å²) < 4.78 is 0. The molecular weight excluding hydrogens is 364 g/mol. The van der Waals surface area contributed by atoms with Crippen LogP contribution in [0.2, 0.25) is 0 Å². The molecule has 0 heterocycles. The molecule has 0 saturated carbocycles. The molecule has 1 heteroatoms. The summed E-state index contributed by atoms with van der Waals surface area (Å²) in [4.78, 5) is 13.7. The second kappa shape index (κ2) is 7.81. The number of carbonyl (C=O) groups excluding carboxylic acids is 1. The zero-order valence-electron chi connectivity index (χ0n) is 16.5. The molecule has 0 aliphatic carbocycles. The van der Waals surface area contributed by atoms with E-state index in [1.807, 2.05) is 66.7 Å². The highest BCUT2D eigenvalue weighted by Crippen LogP contribution is 2.38. The lowest BCUT2D eigenvalue weighted by atomic mass is 9.85. The Balaban J connectivity index is 1.88. The van der Waals surface area contributed by atoms with Gasteiger partial charge < -0.3 is 0 Å². The minimum atomic E-state index is 0.0465. The molecule has 5 aromatic rings. The Hall–Kier alpha value is -3.97. The van der Waals surface area contributed by atoms with Crippen LogP contribution in [0, 0.1) is 0 Å². The fourth-order valence-electron chi connectivity index (χ4n) is 4.06. The Morgan fingerprint density at radius 1 is 0.467 bits per heavy atom. The average Bonchev–Trinajstić information content (AvgIpc) is 2.84. The third kappa shape index (κ3) is 3.21. The largest absolute Gasteiger partial charge is 0.289 e. The van der Waals surface area contributed by atoms with Crippen LogP contribution in [0.25, 0.3) is 33.0 Å². The molecule has 0 spiro atoms. The quantitative estimate of drug-likeness (QED) is 0.295. The maximum absolute atomic E-state index is 13.7. The van der Waals surface area contributed by atoms with Crippen molar-refractivity contribution in [2.24, 2.45) is 0 Å². The van der Waals surface area contributed by atoms with Gasteiger partial charge >= 0.3 is 0 Å². The lowest BCUT2D eigenvalue weighted by molar-refractivity contribution is 0.104. The van der Waals surface area contributed by atoms with Gasteiger partial charge in [-0.2, -0.15) is 0 Å². The van der Waals surface area contributed by atoms with Crippen molar-refractivity contribution >= 4 is 16.6 Å². The SMILES string of the molecule is O=C(c1ccccc1)c1c(-c2ccccc2)cc(-c2ccccc2)c2ccccc12. The van der Waals surface area contributed by atoms with Gasteiger partial charge in [-0.3, -0.25) is 4.79 Å². The number of fused-ring (bicyclic) bond motifs is 1. The van der Waals surface area contributed by atoms with Gasteiger partial charge in [-0.25, -0.2) is 0 Å². The van der Waals surface area contributed by atoms with E-state index in [1.165, 1.54) is 0 Å². The van der Waals surface area contributed by atoms with E-state index in [9.17, 15) is 4.79 Å². The van der Waals surface area contributed by atoms with E-state index in [0.29, 0.717) is 5.56 Å². The molecule has 0 unspecified atom stereocenters. The fraction of sp³-hybridized carbons (Fsp3) is 0. The summed E-state index contributed by atoms with van der Waals surface area (Å²) in [5.41, 5.74) is 5.73. The van der Waals surface area contributed by atoms with Crippen molar-refractivity contribution in [2.45, 2.75) is 0 Å². The molecule has 0 aliphatic heterocycles. The zero-order valence-corrected chi connectivity index (χ0v) is 16.5. The van der Waals surface area contributed by atoms with Crippen molar-refractivity contribution in [3.8, 4) is 22.3 Å². The van der Waals surface area contributed by atoms with E-state index in [0.717, 1.165) is 38.6 Å². The van der Waals surface area contributed by atoms with Crippen molar-refractivity contribution in [2.75, 3.05) is 0 Å². The topological polar surface area (TPSA) is 17.1 Å². The van der Waals surface area contributed by atoms with E-state index < -0.39 is 0 Å². The number of rotatable bonds is 4. The first-order valence-electron chi connectivity index (χ1n) is 10.1. The van der Waals surface area contributed by atoms with E-state index in [1.54, 1.807) is 0 Å². The zero-order chi connectivity index (χ0) is 20.3. The van der Waals surface area contributed by atoms with Gasteiger partial charge in [-0.15, -0.1) is 0 Å². The molecule has 0 fully saturated rings. The monoisotopic (exact) mass is 384 g/mol.